The molecule has 2 aromatic carbocycles. The lowest BCUT2D eigenvalue weighted by molar-refractivity contribution is -0.117. The SMILES string of the molecule is NC(=O)Cc1csc(NC(=O)c2ccc(OCc3ccccc3)cc2)n1. The van der Waals surface area contributed by atoms with Crippen molar-refractivity contribution in [3.05, 3.63) is 76.8 Å². The number of primary amides is 1. The maximum atomic E-state index is 12.3. The number of hydrogen-bond donors (Lipinski definition) is 2. The molecule has 0 radical (unpaired) electrons. The van der Waals surface area contributed by atoms with Gasteiger partial charge in [0.05, 0.1) is 12.1 Å². The van der Waals surface area contributed by atoms with Gasteiger partial charge in [0.2, 0.25) is 5.91 Å². The van der Waals surface area contributed by atoms with E-state index in [1.54, 1.807) is 29.6 Å². The molecule has 0 aliphatic rings. The molecule has 0 unspecified atom stereocenters. The first-order chi connectivity index (χ1) is 12.6. The second-order valence-corrected chi connectivity index (χ2v) is 6.40. The van der Waals surface area contributed by atoms with E-state index < -0.39 is 5.91 Å². The number of anilines is 1. The Hall–Kier alpha value is -3.19. The summed E-state index contributed by atoms with van der Waals surface area (Å²) >= 11 is 1.25. The summed E-state index contributed by atoms with van der Waals surface area (Å²) < 4.78 is 5.70. The number of thiazole rings is 1. The Bertz CT molecular complexity index is 892. The molecule has 6 nitrogen and oxygen atoms in total. The van der Waals surface area contributed by atoms with Crippen molar-refractivity contribution < 1.29 is 14.3 Å². The van der Waals surface area contributed by atoms with Crippen molar-refractivity contribution in [2.75, 3.05) is 5.32 Å². The van der Waals surface area contributed by atoms with Crippen LogP contribution in [0.2, 0.25) is 0 Å². The van der Waals surface area contributed by atoms with Gasteiger partial charge in [-0.05, 0) is 29.8 Å². The first kappa shape index (κ1) is 17.6. The predicted molar refractivity (Wildman–Crippen MR) is 100 cm³/mol. The molecule has 3 aromatic rings. The third-order valence-corrected chi connectivity index (χ3v) is 4.30. The van der Waals surface area contributed by atoms with Gasteiger partial charge >= 0.3 is 0 Å². The number of carbonyl (C=O) groups is 2. The minimum Gasteiger partial charge on any atom is -0.489 e. The van der Waals surface area contributed by atoms with Gasteiger partial charge in [0, 0.05) is 10.9 Å². The predicted octanol–water partition coefficient (Wildman–Crippen LogP) is 3.00. The van der Waals surface area contributed by atoms with E-state index in [4.69, 9.17) is 10.5 Å². The maximum Gasteiger partial charge on any atom is 0.257 e. The minimum absolute atomic E-state index is 0.0554. The summed E-state index contributed by atoms with van der Waals surface area (Å²) in [6.07, 6.45) is 0.0554. The van der Waals surface area contributed by atoms with E-state index in [9.17, 15) is 9.59 Å². The van der Waals surface area contributed by atoms with Gasteiger partial charge in [-0.1, -0.05) is 30.3 Å². The molecule has 0 aliphatic heterocycles. The highest BCUT2D eigenvalue weighted by molar-refractivity contribution is 7.14. The lowest BCUT2D eigenvalue weighted by Crippen LogP contribution is -2.14. The van der Waals surface area contributed by atoms with E-state index in [1.165, 1.54) is 11.3 Å². The minimum atomic E-state index is -0.459. The van der Waals surface area contributed by atoms with Gasteiger partial charge < -0.3 is 10.5 Å². The van der Waals surface area contributed by atoms with Crippen LogP contribution in [0, 0.1) is 0 Å². The number of nitrogens with zero attached hydrogens (tertiary/aromatic N) is 1. The number of nitrogens with two attached hydrogens (primary N) is 1. The summed E-state index contributed by atoms with van der Waals surface area (Å²) in [7, 11) is 0. The van der Waals surface area contributed by atoms with Crippen molar-refractivity contribution in [3.63, 3.8) is 0 Å². The highest BCUT2D eigenvalue weighted by atomic mass is 32.1. The molecule has 0 saturated carbocycles. The summed E-state index contributed by atoms with van der Waals surface area (Å²) in [6, 6.07) is 16.7. The summed E-state index contributed by atoms with van der Waals surface area (Å²) in [6.45, 7) is 0.466. The van der Waals surface area contributed by atoms with E-state index in [2.05, 4.69) is 10.3 Å². The summed E-state index contributed by atoms with van der Waals surface area (Å²) in [5.41, 5.74) is 7.24. The van der Waals surface area contributed by atoms with Gasteiger partial charge in [0.25, 0.3) is 5.91 Å². The largest absolute Gasteiger partial charge is 0.489 e. The van der Waals surface area contributed by atoms with E-state index in [-0.39, 0.29) is 12.3 Å². The van der Waals surface area contributed by atoms with Crippen LogP contribution >= 0.6 is 11.3 Å². The molecule has 0 atom stereocenters. The Balaban J connectivity index is 1.56. The van der Waals surface area contributed by atoms with Gasteiger partial charge in [0.1, 0.15) is 12.4 Å². The zero-order valence-electron chi connectivity index (χ0n) is 13.8. The second kappa shape index (κ2) is 8.26. The lowest BCUT2D eigenvalue weighted by atomic mass is 10.2. The molecule has 0 bridgehead atoms. The average Bonchev–Trinajstić information content (AvgIpc) is 3.07. The van der Waals surface area contributed by atoms with Gasteiger partial charge in [-0.25, -0.2) is 4.98 Å². The van der Waals surface area contributed by atoms with Crippen molar-refractivity contribution in [1.29, 1.82) is 0 Å². The number of rotatable bonds is 7. The van der Waals surface area contributed by atoms with Crippen LogP contribution in [-0.4, -0.2) is 16.8 Å². The third-order valence-electron chi connectivity index (χ3n) is 3.49. The molecule has 3 rings (SSSR count). The number of hydrogen-bond acceptors (Lipinski definition) is 5. The zero-order chi connectivity index (χ0) is 18.4. The number of carbonyl (C=O) groups excluding carboxylic acids is 2. The molecule has 0 spiro atoms. The fourth-order valence-electron chi connectivity index (χ4n) is 2.24. The van der Waals surface area contributed by atoms with E-state index in [1.807, 2.05) is 30.3 Å². The molecule has 2 amide bonds. The van der Waals surface area contributed by atoms with Crippen LogP contribution < -0.4 is 15.8 Å². The highest BCUT2D eigenvalue weighted by Gasteiger charge is 2.10. The molecular formula is C19H17N3O3S. The van der Waals surface area contributed by atoms with Crippen molar-refractivity contribution >= 4 is 28.3 Å². The number of benzene rings is 2. The topological polar surface area (TPSA) is 94.3 Å². The van der Waals surface area contributed by atoms with Gasteiger partial charge in [0.15, 0.2) is 5.13 Å². The summed E-state index contributed by atoms with van der Waals surface area (Å²) in [5.74, 6) is -0.0535. The Kier molecular flexibility index (Phi) is 5.60. The fraction of sp³-hybridized carbons (Fsp3) is 0.105. The number of amides is 2. The van der Waals surface area contributed by atoms with Crippen molar-refractivity contribution in [2.45, 2.75) is 13.0 Å². The molecule has 3 N–H and O–H groups in total. The molecule has 132 valence electrons. The molecular weight excluding hydrogens is 350 g/mol. The standard InChI is InChI=1S/C19H17N3O3S/c20-17(23)10-15-12-26-19(21-15)22-18(24)14-6-8-16(9-7-14)25-11-13-4-2-1-3-5-13/h1-9,12H,10-11H2,(H2,20,23)(H,21,22,24). The molecule has 1 aromatic heterocycles. The second-order valence-electron chi connectivity index (χ2n) is 5.54. The zero-order valence-corrected chi connectivity index (χ0v) is 14.7. The molecule has 0 saturated heterocycles. The summed E-state index contributed by atoms with van der Waals surface area (Å²) in [4.78, 5) is 27.3. The number of ether oxygens (including phenoxy) is 1. The molecule has 1 heterocycles. The van der Waals surface area contributed by atoms with E-state index in [0.717, 1.165) is 5.56 Å². The van der Waals surface area contributed by atoms with Crippen LogP contribution in [0.5, 0.6) is 5.75 Å². The number of aromatic nitrogens is 1. The van der Waals surface area contributed by atoms with Gasteiger partial charge in [-0.15, -0.1) is 11.3 Å². The first-order valence-corrected chi connectivity index (χ1v) is 8.79. The molecule has 7 heteroatoms. The van der Waals surface area contributed by atoms with Crippen LogP contribution in [-0.2, 0) is 17.8 Å². The Morgan fingerprint density at radius 1 is 1.08 bits per heavy atom. The van der Waals surface area contributed by atoms with Gasteiger partial charge in [-0.3, -0.25) is 14.9 Å². The molecule has 0 fully saturated rings. The first-order valence-electron chi connectivity index (χ1n) is 7.91. The highest BCUT2D eigenvalue weighted by Crippen LogP contribution is 2.18. The van der Waals surface area contributed by atoms with Gasteiger partial charge in [-0.2, -0.15) is 0 Å². The molecule has 26 heavy (non-hydrogen) atoms. The van der Waals surface area contributed by atoms with Crippen LogP contribution in [0.4, 0.5) is 5.13 Å². The quantitative estimate of drug-likeness (QED) is 0.671. The van der Waals surface area contributed by atoms with Crippen molar-refractivity contribution in [1.82, 2.24) is 4.98 Å². The average molecular weight is 367 g/mol. The Morgan fingerprint density at radius 3 is 2.50 bits per heavy atom. The normalized spacial score (nSPS) is 10.3. The Morgan fingerprint density at radius 2 is 1.81 bits per heavy atom. The third kappa shape index (κ3) is 4.90. The van der Waals surface area contributed by atoms with E-state index >= 15 is 0 Å². The monoisotopic (exact) mass is 367 g/mol. The van der Waals surface area contributed by atoms with Crippen LogP contribution in [0.15, 0.2) is 60.0 Å². The van der Waals surface area contributed by atoms with Crippen LogP contribution in [0.1, 0.15) is 21.6 Å². The Labute approximate surface area is 154 Å². The van der Waals surface area contributed by atoms with Crippen LogP contribution in [0.25, 0.3) is 0 Å². The van der Waals surface area contributed by atoms with Crippen molar-refractivity contribution in [2.24, 2.45) is 5.73 Å². The number of nitrogens with one attached hydrogen (secondary N) is 1. The smallest absolute Gasteiger partial charge is 0.257 e. The fourth-order valence-corrected chi connectivity index (χ4v) is 2.94. The maximum absolute atomic E-state index is 12.3. The summed E-state index contributed by atoms with van der Waals surface area (Å²) in [5, 5.41) is 4.83. The van der Waals surface area contributed by atoms with Crippen molar-refractivity contribution in [3.8, 4) is 5.75 Å². The van der Waals surface area contributed by atoms with Crippen LogP contribution in [0.3, 0.4) is 0 Å². The van der Waals surface area contributed by atoms with E-state index in [0.29, 0.717) is 28.7 Å². The lowest BCUT2D eigenvalue weighted by Gasteiger charge is -2.07. The molecule has 0 aliphatic carbocycles.